The highest BCUT2D eigenvalue weighted by Crippen LogP contribution is 2.53. The summed E-state index contributed by atoms with van der Waals surface area (Å²) in [6.45, 7) is 0. The number of amides is 1. The van der Waals surface area contributed by atoms with Gasteiger partial charge in [0, 0.05) is 44.9 Å². The molecule has 3 rings (SSSR count). The molecule has 1 aromatic heterocycles. The fourth-order valence-electron chi connectivity index (χ4n) is 3.62. The lowest BCUT2D eigenvalue weighted by molar-refractivity contribution is -0.173. The van der Waals surface area contributed by atoms with Gasteiger partial charge in [-0.05, 0) is 6.08 Å². The number of ether oxygens (including phenoxy) is 1. The molecule has 1 fully saturated rings. The molecule has 2 aliphatic carbocycles. The second-order valence-corrected chi connectivity index (χ2v) is 6.81. The predicted octanol–water partition coefficient (Wildman–Crippen LogP) is 1.93. The number of nitrogens with two attached hydrogens (primary N) is 1. The Hall–Kier alpha value is -3.06. The Morgan fingerprint density at radius 2 is 2.14 bits per heavy atom. The van der Waals surface area contributed by atoms with Crippen LogP contribution in [0.4, 0.5) is 20.5 Å². The number of halogens is 2. The number of nitrogens with one attached hydrogen (secondary N) is 2. The molecule has 4 N–H and O–H groups in total. The molecule has 0 bridgehead atoms. The summed E-state index contributed by atoms with van der Waals surface area (Å²) in [6, 6.07) is 1.97. The van der Waals surface area contributed by atoms with E-state index in [2.05, 4.69) is 20.6 Å². The third kappa shape index (κ3) is 3.41. The van der Waals surface area contributed by atoms with Gasteiger partial charge in [0.25, 0.3) is 0 Å². The van der Waals surface area contributed by atoms with Crippen LogP contribution in [0.1, 0.15) is 24.8 Å². The largest absolute Gasteiger partial charge is 0.372 e. The van der Waals surface area contributed by atoms with Crippen molar-refractivity contribution >= 4 is 17.7 Å². The van der Waals surface area contributed by atoms with Crippen molar-refractivity contribution in [2.75, 3.05) is 24.8 Å². The summed E-state index contributed by atoms with van der Waals surface area (Å²) in [5, 5.41) is 14.9. The van der Waals surface area contributed by atoms with E-state index in [1.807, 2.05) is 6.07 Å². The van der Waals surface area contributed by atoms with Crippen LogP contribution >= 0.6 is 0 Å². The number of nitriles is 1. The van der Waals surface area contributed by atoms with E-state index >= 15 is 0 Å². The molecule has 28 heavy (non-hydrogen) atoms. The van der Waals surface area contributed by atoms with Crippen LogP contribution in [0.15, 0.2) is 29.6 Å². The lowest BCUT2D eigenvalue weighted by Gasteiger charge is -2.49. The van der Waals surface area contributed by atoms with E-state index in [4.69, 9.17) is 15.7 Å². The van der Waals surface area contributed by atoms with Crippen LogP contribution in [0.25, 0.3) is 0 Å². The van der Waals surface area contributed by atoms with Gasteiger partial charge in [0.2, 0.25) is 17.8 Å². The summed E-state index contributed by atoms with van der Waals surface area (Å²) >= 11 is 0. The standard InChI is InChI=1S/C18H20F2N6O2/c1-23-15-11(8-21)9-24-16(26-15)25-13-4-3-10(14(22)27)5-18(13,28-2)12-6-17(19,20)7-12/h3-4,9,12H,5-7H2,1-2H3,(H2,22,27)(H2,23,24,25,26). The van der Waals surface area contributed by atoms with Crippen molar-refractivity contribution in [2.24, 2.45) is 11.7 Å². The number of aromatic nitrogens is 2. The van der Waals surface area contributed by atoms with Crippen molar-refractivity contribution in [3.8, 4) is 6.07 Å². The van der Waals surface area contributed by atoms with Gasteiger partial charge in [0.05, 0.1) is 11.9 Å². The molecule has 1 heterocycles. The monoisotopic (exact) mass is 390 g/mol. The topological polar surface area (TPSA) is 126 Å². The normalized spacial score (nSPS) is 23.7. The molecule has 1 amide bonds. The Kier molecular flexibility index (Phi) is 5.04. The second kappa shape index (κ2) is 7.16. The molecule has 0 aliphatic heterocycles. The van der Waals surface area contributed by atoms with Crippen LogP contribution in [0.2, 0.25) is 0 Å². The zero-order chi connectivity index (χ0) is 20.5. The molecule has 0 saturated heterocycles. The van der Waals surface area contributed by atoms with Gasteiger partial charge >= 0.3 is 0 Å². The van der Waals surface area contributed by atoms with Crippen LogP contribution in [0.5, 0.6) is 0 Å². The van der Waals surface area contributed by atoms with Crippen LogP contribution in [-0.4, -0.2) is 41.6 Å². The van der Waals surface area contributed by atoms with E-state index < -0.39 is 23.3 Å². The van der Waals surface area contributed by atoms with Crippen LogP contribution < -0.4 is 16.4 Å². The quantitative estimate of drug-likeness (QED) is 0.677. The van der Waals surface area contributed by atoms with Crippen molar-refractivity contribution in [1.29, 1.82) is 5.26 Å². The summed E-state index contributed by atoms with van der Waals surface area (Å²) < 4.78 is 32.9. The van der Waals surface area contributed by atoms with Gasteiger partial charge in [0.1, 0.15) is 23.1 Å². The number of anilines is 2. The Morgan fingerprint density at radius 1 is 1.43 bits per heavy atom. The Morgan fingerprint density at radius 3 is 2.68 bits per heavy atom. The smallest absolute Gasteiger partial charge is 0.248 e. The summed E-state index contributed by atoms with van der Waals surface area (Å²) in [5.41, 5.74) is 5.22. The average Bonchev–Trinajstić information content (AvgIpc) is 2.66. The number of carbonyl (C=O) groups is 1. The molecule has 0 aromatic carbocycles. The molecule has 1 saturated carbocycles. The number of hydrogen-bond acceptors (Lipinski definition) is 7. The van der Waals surface area contributed by atoms with Gasteiger partial charge in [-0.3, -0.25) is 4.79 Å². The molecular weight excluding hydrogens is 370 g/mol. The molecule has 10 heteroatoms. The molecule has 1 atom stereocenters. The van der Waals surface area contributed by atoms with E-state index in [0.717, 1.165) is 0 Å². The molecule has 2 aliphatic rings. The number of allylic oxidation sites excluding steroid dienone is 2. The molecule has 148 valence electrons. The van der Waals surface area contributed by atoms with E-state index in [9.17, 15) is 13.6 Å². The van der Waals surface area contributed by atoms with Crippen molar-refractivity contribution in [3.05, 3.63) is 35.2 Å². The van der Waals surface area contributed by atoms with Crippen LogP contribution in [0.3, 0.4) is 0 Å². The SMILES string of the molecule is CNc1nc(NC2=CC=C(C(N)=O)CC2(OC)C2CC(F)(F)C2)ncc1C#N. The maximum Gasteiger partial charge on any atom is 0.248 e. The first-order valence-corrected chi connectivity index (χ1v) is 8.60. The minimum Gasteiger partial charge on any atom is -0.372 e. The number of nitrogens with zero attached hydrogens (tertiary/aromatic N) is 3. The van der Waals surface area contributed by atoms with Gasteiger partial charge in [-0.25, -0.2) is 13.8 Å². The van der Waals surface area contributed by atoms with Gasteiger partial charge in [-0.2, -0.15) is 10.2 Å². The van der Waals surface area contributed by atoms with Crippen LogP contribution in [-0.2, 0) is 9.53 Å². The maximum atomic E-state index is 13.6. The van der Waals surface area contributed by atoms with E-state index in [0.29, 0.717) is 17.1 Å². The molecule has 1 unspecified atom stereocenters. The highest BCUT2D eigenvalue weighted by atomic mass is 19.3. The summed E-state index contributed by atoms with van der Waals surface area (Å²) in [4.78, 5) is 20.0. The van der Waals surface area contributed by atoms with Gasteiger partial charge in [-0.1, -0.05) is 6.08 Å². The lowest BCUT2D eigenvalue weighted by atomic mass is 9.65. The van der Waals surface area contributed by atoms with Gasteiger partial charge < -0.3 is 21.1 Å². The first-order chi connectivity index (χ1) is 13.2. The number of carbonyl (C=O) groups excluding carboxylic acids is 1. The fourth-order valence-corrected chi connectivity index (χ4v) is 3.62. The van der Waals surface area contributed by atoms with Crippen molar-refractivity contribution in [1.82, 2.24) is 9.97 Å². The molecule has 8 nitrogen and oxygen atoms in total. The third-order valence-corrected chi connectivity index (χ3v) is 5.18. The molecule has 0 spiro atoms. The number of rotatable bonds is 6. The number of primary amides is 1. The Bertz CT molecular complexity index is 900. The fraction of sp³-hybridized carbons (Fsp3) is 0.444. The second-order valence-electron chi connectivity index (χ2n) is 6.81. The maximum absolute atomic E-state index is 13.6. The number of hydrogen-bond donors (Lipinski definition) is 3. The van der Waals surface area contributed by atoms with E-state index in [1.165, 1.54) is 19.4 Å². The molecule has 0 radical (unpaired) electrons. The predicted molar refractivity (Wildman–Crippen MR) is 97.3 cm³/mol. The zero-order valence-electron chi connectivity index (χ0n) is 15.4. The number of alkyl halides is 2. The number of methoxy groups -OCH3 is 1. The highest BCUT2D eigenvalue weighted by Gasteiger charge is 2.57. The zero-order valence-corrected chi connectivity index (χ0v) is 15.4. The third-order valence-electron chi connectivity index (χ3n) is 5.18. The van der Waals surface area contributed by atoms with Crippen molar-refractivity contribution in [3.63, 3.8) is 0 Å². The summed E-state index contributed by atoms with van der Waals surface area (Å²) in [5.74, 6) is -3.42. The highest BCUT2D eigenvalue weighted by molar-refractivity contribution is 5.93. The van der Waals surface area contributed by atoms with Crippen molar-refractivity contribution < 1.29 is 18.3 Å². The van der Waals surface area contributed by atoms with E-state index in [-0.39, 0.29) is 30.8 Å². The van der Waals surface area contributed by atoms with Gasteiger partial charge in [-0.15, -0.1) is 0 Å². The minimum atomic E-state index is -2.76. The van der Waals surface area contributed by atoms with Crippen LogP contribution in [0, 0.1) is 17.2 Å². The average molecular weight is 390 g/mol. The van der Waals surface area contributed by atoms with Crippen molar-refractivity contribution in [2.45, 2.75) is 30.8 Å². The summed E-state index contributed by atoms with van der Waals surface area (Å²) in [7, 11) is 3.03. The minimum absolute atomic E-state index is 0.0631. The summed E-state index contributed by atoms with van der Waals surface area (Å²) in [6.07, 6.45) is 3.80. The first kappa shape index (κ1) is 19.7. The van der Waals surface area contributed by atoms with E-state index in [1.54, 1.807) is 13.1 Å². The lowest BCUT2D eigenvalue weighted by Crippen LogP contribution is -2.55. The molecule has 1 aromatic rings. The van der Waals surface area contributed by atoms with Gasteiger partial charge in [0.15, 0.2) is 0 Å². The molecular formula is C18H20F2N6O2. The Labute approximate surface area is 160 Å². The Balaban J connectivity index is 1.98. The first-order valence-electron chi connectivity index (χ1n) is 8.60.